The average molecular weight is 207 g/mol. The maximum atomic E-state index is 12.6. The lowest BCUT2D eigenvalue weighted by molar-refractivity contribution is -0.127. The van der Waals surface area contributed by atoms with Crippen LogP contribution in [0.4, 0.5) is 17.6 Å². The van der Waals surface area contributed by atoms with Crippen LogP contribution in [0.25, 0.3) is 0 Å². The molecule has 1 radical (unpaired) electrons. The Morgan fingerprint density at radius 3 is 2.29 bits per heavy atom. The quantitative estimate of drug-likeness (QED) is 0.664. The van der Waals surface area contributed by atoms with E-state index < -0.39 is 25.0 Å². The molecule has 0 atom stereocenters. The van der Waals surface area contributed by atoms with E-state index in [4.69, 9.17) is 0 Å². The van der Waals surface area contributed by atoms with E-state index in [0.717, 1.165) is 18.2 Å². The summed E-state index contributed by atoms with van der Waals surface area (Å²) in [6.45, 7) is -0.772. The van der Waals surface area contributed by atoms with Gasteiger partial charge in [-0.2, -0.15) is 13.2 Å². The third-order valence-corrected chi connectivity index (χ3v) is 1.71. The minimum atomic E-state index is -4.42. The third kappa shape index (κ3) is 2.99. The van der Waals surface area contributed by atoms with E-state index in [1.165, 1.54) is 0 Å². The zero-order valence-electron chi connectivity index (χ0n) is 7.07. The van der Waals surface area contributed by atoms with Crippen LogP contribution in [-0.4, -0.2) is 6.18 Å². The summed E-state index contributed by atoms with van der Waals surface area (Å²) in [6.07, 6.45) is -5.68. The summed E-state index contributed by atoms with van der Waals surface area (Å²) in [5.41, 5.74) is -0.295. The number of hydrogen-bond donors (Lipinski definition) is 0. The molecule has 5 heteroatoms. The second kappa shape index (κ2) is 3.96. The van der Waals surface area contributed by atoms with Crippen molar-refractivity contribution < 1.29 is 22.7 Å². The first kappa shape index (κ1) is 11.0. The lowest BCUT2D eigenvalue weighted by atomic mass is 10.0. The maximum absolute atomic E-state index is 12.6. The van der Waals surface area contributed by atoms with Gasteiger partial charge in [0.2, 0.25) is 0 Å². The first-order valence-corrected chi connectivity index (χ1v) is 3.84. The molecule has 0 N–H and O–H groups in total. The van der Waals surface area contributed by atoms with Gasteiger partial charge in [-0.3, -0.25) is 0 Å². The molecule has 0 unspecified atom stereocenters. The minimum absolute atomic E-state index is 0.0104. The molecular formula is C9H7F4O. The Kier molecular flexibility index (Phi) is 3.10. The van der Waals surface area contributed by atoms with Crippen LogP contribution in [0.5, 0.6) is 0 Å². The molecule has 1 aromatic rings. The second-order valence-corrected chi connectivity index (χ2v) is 2.85. The monoisotopic (exact) mass is 207 g/mol. The molecule has 0 aliphatic heterocycles. The van der Waals surface area contributed by atoms with Gasteiger partial charge in [-0.15, -0.1) is 0 Å². The van der Waals surface area contributed by atoms with Crippen molar-refractivity contribution in [2.45, 2.75) is 19.2 Å². The Bertz CT molecular complexity index is 319. The smallest absolute Gasteiger partial charge is 0.232 e. The molecule has 0 bridgehead atoms. The van der Waals surface area contributed by atoms with Gasteiger partial charge in [0.05, 0.1) is 6.42 Å². The van der Waals surface area contributed by atoms with Crippen LogP contribution in [-0.2, 0) is 18.1 Å². The van der Waals surface area contributed by atoms with E-state index >= 15 is 0 Å². The van der Waals surface area contributed by atoms with E-state index in [1.54, 1.807) is 0 Å². The molecule has 77 valence electrons. The molecule has 0 spiro atoms. The molecule has 0 saturated heterocycles. The number of benzene rings is 1. The molecule has 0 aliphatic carbocycles. The molecule has 14 heavy (non-hydrogen) atoms. The van der Waals surface area contributed by atoms with Crippen molar-refractivity contribution in [2.75, 3.05) is 0 Å². The number of rotatable bonds is 2. The normalized spacial score (nSPS) is 11.8. The van der Waals surface area contributed by atoms with Crippen LogP contribution in [0.15, 0.2) is 18.2 Å². The Morgan fingerprint density at radius 1 is 1.14 bits per heavy atom. The van der Waals surface area contributed by atoms with E-state index in [9.17, 15) is 22.7 Å². The first-order valence-electron chi connectivity index (χ1n) is 3.84. The highest BCUT2D eigenvalue weighted by atomic mass is 19.4. The van der Waals surface area contributed by atoms with Gasteiger partial charge < -0.3 is 0 Å². The van der Waals surface area contributed by atoms with Crippen molar-refractivity contribution in [1.82, 2.24) is 0 Å². The van der Waals surface area contributed by atoms with Gasteiger partial charge in [0.15, 0.2) is 0 Å². The van der Waals surface area contributed by atoms with Gasteiger partial charge in [0.25, 0.3) is 0 Å². The topological polar surface area (TPSA) is 19.9 Å². The summed E-state index contributed by atoms with van der Waals surface area (Å²) in [7, 11) is 0. The highest BCUT2D eigenvalue weighted by Gasteiger charge is 2.28. The van der Waals surface area contributed by atoms with Crippen molar-refractivity contribution >= 4 is 0 Å². The molecule has 1 rings (SSSR count). The third-order valence-electron chi connectivity index (χ3n) is 1.71. The van der Waals surface area contributed by atoms with Crippen LogP contribution in [0.2, 0.25) is 0 Å². The maximum Gasteiger partial charge on any atom is 0.393 e. The largest absolute Gasteiger partial charge is 0.393 e. The average Bonchev–Trinajstić information content (AvgIpc) is 2.01. The van der Waals surface area contributed by atoms with Crippen LogP contribution < -0.4 is 0 Å². The lowest BCUT2D eigenvalue weighted by Gasteiger charge is -2.09. The highest BCUT2D eigenvalue weighted by molar-refractivity contribution is 5.28. The van der Waals surface area contributed by atoms with E-state index in [-0.39, 0.29) is 11.1 Å². The predicted molar refractivity (Wildman–Crippen MR) is 40.5 cm³/mol. The summed E-state index contributed by atoms with van der Waals surface area (Å²) in [4.78, 5) is 0. The fraction of sp³-hybridized carbons (Fsp3) is 0.333. The predicted octanol–water partition coefficient (Wildman–Crippen LogP) is 2.86. The van der Waals surface area contributed by atoms with Gasteiger partial charge >= 0.3 is 6.18 Å². The summed E-state index contributed by atoms with van der Waals surface area (Å²) in [6, 6.07) is 2.82. The minimum Gasteiger partial charge on any atom is -0.232 e. The van der Waals surface area contributed by atoms with Gasteiger partial charge in [-0.1, -0.05) is 6.07 Å². The zero-order valence-corrected chi connectivity index (χ0v) is 7.07. The number of hydrogen-bond acceptors (Lipinski definition) is 0. The molecule has 1 nitrogen and oxygen atoms in total. The highest BCUT2D eigenvalue weighted by Crippen LogP contribution is 2.24. The summed E-state index contributed by atoms with van der Waals surface area (Å²) in [5, 5.41) is 10.5. The van der Waals surface area contributed by atoms with Gasteiger partial charge in [0.1, 0.15) is 12.4 Å². The Balaban J connectivity index is 2.99. The first-order chi connectivity index (χ1) is 6.42. The Hall–Kier alpha value is -1.10. The number of alkyl halides is 3. The molecule has 1 aromatic carbocycles. The van der Waals surface area contributed by atoms with Crippen molar-refractivity contribution in [3.8, 4) is 0 Å². The molecular weight excluding hydrogens is 200 g/mol. The van der Waals surface area contributed by atoms with Crippen LogP contribution in [0.1, 0.15) is 11.1 Å². The molecule has 0 heterocycles. The Morgan fingerprint density at radius 2 is 1.79 bits per heavy atom. The summed E-state index contributed by atoms with van der Waals surface area (Å²) in [5.74, 6) is -0.763. The molecule has 0 aromatic heterocycles. The van der Waals surface area contributed by atoms with Gasteiger partial charge in [0, 0.05) is 0 Å². The van der Waals surface area contributed by atoms with Crippen LogP contribution in [0, 0.1) is 5.82 Å². The van der Waals surface area contributed by atoms with Gasteiger partial charge in [-0.05, 0) is 23.3 Å². The van der Waals surface area contributed by atoms with E-state index in [1.807, 2.05) is 0 Å². The zero-order chi connectivity index (χ0) is 10.8. The molecule has 0 amide bonds. The second-order valence-electron chi connectivity index (χ2n) is 2.85. The van der Waals surface area contributed by atoms with Crippen molar-refractivity contribution in [3.63, 3.8) is 0 Å². The van der Waals surface area contributed by atoms with E-state index in [2.05, 4.69) is 0 Å². The Labute approximate surface area is 78.0 Å². The lowest BCUT2D eigenvalue weighted by Crippen LogP contribution is -2.13. The molecule has 0 saturated carbocycles. The summed E-state index contributed by atoms with van der Waals surface area (Å²) >= 11 is 0. The summed E-state index contributed by atoms with van der Waals surface area (Å²) < 4.78 is 48.5. The van der Waals surface area contributed by atoms with Crippen LogP contribution in [0.3, 0.4) is 0 Å². The van der Waals surface area contributed by atoms with Crippen molar-refractivity contribution in [3.05, 3.63) is 35.1 Å². The SMILES string of the molecule is [O]Cc1ccc(F)cc1CC(F)(F)F. The van der Waals surface area contributed by atoms with Crippen molar-refractivity contribution in [1.29, 1.82) is 0 Å². The molecule has 0 aliphatic rings. The van der Waals surface area contributed by atoms with E-state index in [0.29, 0.717) is 0 Å². The fourth-order valence-electron chi connectivity index (χ4n) is 1.12. The van der Waals surface area contributed by atoms with Crippen molar-refractivity contribution in [2.24, 2.45) is 0 Å². The number of halogens is 4. The van der Waals surface area contributed by atoms with Gasteiger partial charge in [-0.25, -0.2) is 9.50 Å². The standard InChI is InChI=1S/C9H7F4O/c10-8-2-1-6(5-14)7(3-8)4-9(11,12)13/h1-3H,4-5H2. The molecule has 0 fully saturated rings. The van der Waals surface area contributed by atoms with Crippen LogP contribution >= 0.6 is 0 Å². The fourth-order valence-corrected chi connectivity index (χ4v) is 1.12.